The molecule has 2 aliphatic heterocycles. The van der Waals surface area contributed by atoms with Gasteiger partial charge in [0.2, 0.25) is 18.2 Å². The maximum atomic E-state index is 12.4. The maximum Gasteiger partial charge on any atom is 0.243 e. The van der Waals surface area contributed by atoms with Crippen molar-refractivity contribution in [1.82, 2.24) is 20.4 Å². The summed E-state index contributed by atoms with van der Waals surface area (Å²) in [5, 5.41) is 5.27. The number of aldehydes is 1. The van der Waals surface area contributed by atoms with E-state index >= 15 is 0 Å². The van der Waals surface area contributed by atoms with E-state index in [0.29, 0.717) is 31.0 Å². The minimum atomic E-state index is -0.400. The Morgan fingerprint density at radius 3 is 2.49 bits per heavy atom. The average Bonchev–Trinajstić information content (AvgIpc) is 3.01. The Morgan fingerprint density at radius 1 is 1.02 bits per heavy atom. The lowest BCUT2D eigenvalue weighted by Crippen LogP contribution is -2.51. The highest BCUT2D eigenvalue weighted by Crippen LogP contribution is 2.35. The van der Waals surface area contributed by atoms with Gasteiger partial charge in [0.15, 0.2) is 0 Å². The summed E-state index contributed by atoms with van der Waals surface area (Å²) in [6, 6.07) is 5.69. The largest absolute Gasteiger partial charge is 0.489 e. The van der Waals surface area contributed by atoms with Crippen molar-refractivity contribution < 1.29 is 23.9 Å². The number of amides is 3. The van der Waals surface area contributed by atoms with Crippen LogP contribution in [-0.4, -0.2) is 79.2 Å². The van der Waals surface area contributed by atoms with Crippen LogP contribution in [0.2, 0.25) is 0 Å². The molecule has 2 N–H and O–H groups in total. The highest BCUT2D eigenvalue weighted by Gasteiger charge is 2.34. The first kappa shape index (κ1) is 35.1. The van der Waals surface area contributed by atoms with Gasteiger partial charge in [-0.25, -0.2) is 0 Å². The molecule has 4 unspecified atom stereocenters. The summed E-state index contributed by atoms with van der Waals surface area (Å²) < 4.78 is 6.73. The molecule has 1 saturated carbocycles. The van der Waals surface area contributed by atoms with E-state index in [1.807, 2.05) is 30.1 Å². The molecule has 2 saturated heterocycles. The monoisotopic (exact) mass is 624 g/mol. The number of imide groups is 1. The molecule has 0 bridgehead atoms. The van der Waals surface area contributed by atoms with Crippen LogP contribution in [0.15, 0.2) is 18.2 Å². The topological polar surface area (TPSA) is 108 Å². The van der Waals surface area contributed by atoms with E-state index in [2.05, 4.69) is 22.5 Å². The predicted octanol–water partition coefficient (Wildman–Crippen LogP) is 5.25. The molecule has 3 amide bonds. The fourth-order valence-electron chi connectivity index (χ4n) is 7.98. The molecule has 1 aromatic rings. The van der Waals surface area contributed by atoms with Crippen LogP contribution in [-0.2, 0) is 20.9 Å². The van der Waals surface area contributed by atoms with Crippen molar-refractivity contribution in [3.8, 4) is 5.75 Å². The van der Waals surface area contributed by atoms with Gasteiger partial charge < -0.3 is 10.1 Å². The lowest BCUT2D eigenvalue weighted by atomic mass is 9.78. The Hall–Kier alpha value is -2.78. The van der Waals surface area contributed by atoms with Crippen molar-refractivity contribution in [3.05, 3.63) is 29.3 Å². The number of ether oxygens (including phenoxy) is 1. The second-order valence-corrected chi connectivity index (χ2v) is 13.6. The molecular formula is C36H56N4O5. The second-order valence-electron chi connectivity index (χ2n) is 13.6. The number of hydrogen-bond donors (Lipinski definition) is 2. The minimum Gasteiger partial charge on any atom is -0.489 e. The van der Waals surface area contributed by atoms with Crippen LogP contribution >= 0.6 is 0 Å². The Morgan fingerprint density at radius 2 is 1.78 bits per heavy atom. The number of carbonyl (C=O) groups is 4. The normalized spacial score (nSPS) is 24.4. The highest BCUT2D eigenvalue weighted by molar-refractivity contribution is 6.00. The van der Waals surface area contributed by atoms with Crippen LogP contribution in [0.25, 0.3) is 0 Å². The number of unbranched alkanes of at least 4 members (excludes halogenated alkanes) is 1. The smallest absolute Gasteiger partial charge is 0.243 e. The molecule has 250 valence electrons. The van der Waals surface area contributed by atoms with Crippen LogP contribution in [0, 0.1) is 11.8 Å². The van der Waals surface area contributed by atoms with Gasteiger partial charge in [-0.1, -0.05) is 32.6 Å². The number of likely N-dealkylation sites (N-methyl/N-ethyl adjacent to an activating group) is 1. The summed E-state index contributed by atoms with van der Waals surface area (Å²) in [5.41, 5.74) is 1.43. The third-order valence-electron chi connectivity index (χ3n) is 10.4. The first-order chi connectivity index (χ1) is 21.9. The Kier molecular flexibility index (Phi) is 14.3. The van der Waals surface area contributed by atoms with Gasteiger partial charge in [-0.2, -0.15) is 0 Å². The zero-order chi connectivity index (χ0) is 32.0. The number of likely N-dealkylation sites (tertiary alicyclic amines) is 1. The third kappa shape index (κ3) is 10.4. The van der Waals surface area contributed by atoms with Crippen molar-refractivity contribution in [2.75, 3.05) is 26.7 Å². The summed E-state index contributed by atoms with van der Waals surface area (Å²) in [5.74, 6) is 1.81. The Bertz CT molecular complexity index is 1100. The molecule has 45 heavy (non-hydrogen) atoms. The lowest BCUT2D eigenvalue weighted by Gasteiger charge is -2.42. The average molecular weight is 625 g/mol. The summed E-state index contributed by atoms with van der Waals surface area (Å²) in [6.07, 6.45) is 18.3. The summed E-state index contributed by atoms with van der Waals surface area (Å²) in [4.78, 5) is 51.2. The molecule has 0 spiro atoms. The van der Waals surface area contributed by atoms with Gasteiger partial charge in [-0.15, -0.1) is 0 Å². The molecule has 1 aromatic carbocycles. The van der Waals surface area contributed by atoms with Crippen LogP contribution < -0.4 is 15.4 Å². The number of nitrogens with zero attached hydrogens (tertiary/aromatic N) is 2. The van der Waals surface area contributed by atoms with E-state index in [4.69, 9.17) is 4.74 Å². The van der Waals surface area contributed by atoms with Gasteiger partial charge in [-0.05, 0) is 120 Å². The van der Waals surface area contributed by atoms with Gasteiger partial charge in [0.25, 0.3) is 0 Å². The van der Waals surface area contributed by atoms with Crippen molar-refractivity contribution >= 4 is 24.5 Å². The summed E-state index contributed by atoms with van der Waals surface area (Å²) >= 11 is 0. The number of piperidine rings is 1. The first-order valence-electron chi connectivity index (χ1n) is 17.6. The number of benzene rings is 1. The minimum absolute atomic E-state index is 0.111. The molecule has 9 heteroatoms. The van der Waals surface area contributed by atoms with E-state index in [1.54, 1.807) is 0 Å². The van der Waals surface area contributed by atoms with Crippen molar-refractivity contribution in [2.45, 2.75) is 128 Å². The summed E-state index contributed by atoms with van der Waals surface area (Å²) in [6.45, 7) is 5.71. The van der Waals surface area contributed by atoms with E-state index in [0.717, 1.165) is 81.2 Å². The quantitative estimate of drug-likeness (QED) is 0.147. The van der Waals surface area contributed by atoms with Crippen molar-refractivity contribution in [3.63, 3.8) is 0 Å². The lowest BCUT2D eigenvalue weighted by molar-refractivity contribution is -0.137. The van der Waals surface area contributed by atoms with Crippen LogP contribution in [0.4, 0.5) is 0 Å². The number of hydrogen-bond acceptors (Lipinski definition) is 7. The van der Waals surface area contributed by atoms with Gasteiger partial charge in [0.05, 0.1) is 6.04 Å². The standard InChI is InChI=1S/C36H56N4O5/c1-3-4-10-27(11-7-20-37-26-42)28-12-8-21-40(22-9-13-28)32-14-5-6-15-34(32)45-31-17-16-29(25-41)30(23-31)24-39(2)33-18-19-35(43)38-36(33)44/h16-17,23,25-28,32-34H,3-15,18-22,24H2,1-2H3,(H,37,42)(H,38,43,44). The first-order valence-corrected chi connectivity index (χ1v) is 17.6. The van der Waals surface area contributed by atoms with Crippen molar-refractivity contribution in [1.29, 1.82) is 0 Å². The van der Waals surface area contributed by atoms with E-state index in [-0.39, 0.29) is 17.9 Å². The molecular weight excluding hydrogens is 568 g/mol. The molecule has 1 aliphatic carbocycles. The zero-order valence-electron chi connectivity index (χ0n) is 27.6. The SMILES string of the molecule is CCCCC(CCCNC=O)C1CCCN(C2CCCCC2Oc2ccc(C=O)c(CN(C)C3CCC(=O)NC3=O)c2)CCC1. The van der Waals surface area contributed by atoms with Gasteiger partial charge in [0, 0.05) is 31.1 Å². The van der Waals surface area contributed by atoms with Gasteiger partial charge >= 0.3 is 0 Å². The molecule has 2 heterocycles. The van der Waals surface area contributed by atoms with Gasteiger partial charge in [0.1, 0.15) is 18.1 Å². The van der Waals surface area contributed by atoms with E-state index < -0.39 is 6.04 Å². The third-order valence-corrected chi connectivity index (χ3v) is 10.4. The molecule has 4 rings (SSSR count). The second kappa shape index (κ2) is 18.4. The molecule has 0 aromatic heterocycles. The fourth-order valence-corrected chi connectivity index (χ4v) is 7.98. The van der Waals surface area contributed by atoms with Gasteiger partial charge in [-0.3, -0.25) is 34.3 Å². The van der Waals surface area contributed by atoms with Crippen LogP contribution in [0.3, 0.4) is 0 Å². The van der Waals surface area contributed by atoms with Crippen molar-refractivity contribution in [2.24, 2.45) is 11.8 Å². The number of carbonyl (C=O) groups excluding carboxylic acids is 4. The fraction of sp³-hybridized carbons (Fsp3) is 0.722. The number of rotatable bonds is 16. The van der Waals surface area contributed by atoms with E-state index in [1.165, 1.54) is 57.8 Å². The Labute approximate surface area is 270 Å². The highest BCUT2D eigenvalue weighted by atomic mass is 16.5. The maximum absolute atomic E-state index is 12.4. The number of nitrogens with one attached hydrogen (secondary N) is 2. The molecule has 4 atom stereocenters. The predicted molar refractivity (Wildman–Crippen MR) is 176 cm³/mol. The Balaban J connectivity index is 1.36. The van der Waals surface area contributed by atoms with Crippen LogP contribution in [0.1, 0.15) is 119 Å². The van der Waals surface area contributed by atoms with E-state index in [9.17, 15) is 19.2 Å². The molecule has 9 nitrogen and oxygen atoms in total. The summed E-state index contributed by atoms with van der Waals surface area (Å²) in [7, 11) is 1.86. The molecule has 0 radical (unpaired) electrons. The molecule has 3 fully saturated rings. The zero-order valence-corrected chi connectivity index (χ0v) is 27.6. The molecule has 3 aliphatic rings. The van der Waals surface area contributed by atoms with Crippen LogP contribution in [0.5, 0.6) is 5.75 Å².